The van der Waals surface area contributed by atoms with E-state index in [0.29, 0.717) is 0 Å². The van der Waals surface area contributed by atoms with Crippen LogP contribution in [0.2, 0.25) is 0 Å². The van der Waals surface area contributed by atoms with Gasteiger partial charge in [0.1, 0.15) is 5.58 Å². The van der Waals surface area contributed by atoms with E-state index in [0.717, 1.165) is 152 Å². The summed E-state index contributed by atoms with van der Waals surface area (Å²) >= 11 is 0. The van der Waals surface area contributed by atoms with E-state index in [1.807, 2.05) is 36.4 Å². The van der Waals surface area contributed by atoms with Crippen LogP contribution in [0, 0.1) is 0 Å². The molecule has 0 N–H and O–H groups in total. The molecular weight excluding hydrogens is 1810 g/mol. The van der Waals surface area contributed by atoms with Gasteiger partial charge in [0, 0.05) is 159 Å². The maximum atomic E-state index is 6.68. The predicted molar refractivity (Wildman–Crippen MR) is 614 cm³/mol. The fourth-order valence-electron chi connectivity index (χ4n) is 25.7. The molecule has 0 fully saturated rings. The molecule has 4 aliphatic carbocycles. The number of rotatable bonds is 10. The number of para-hydroxylation sites is 7. The molecule has 0 spiro atoms. The van der Waals surface area contributed by atoms with E-state index >= 15 is 0 Å². The average Bonchev–Trinajstić information content (AvgIpc) is 1.54. The molecule has 0 unspecified atom stereocenters. The van der Waals surface area contributed by atoms with Crippen molar-refractivity contribution in [1.29, 1.82) is 0 Å². The van der Waals surface area contributed by atoms with Crippen LogP contribution in [0.15, 0.2) is 453 Å². The Hall–Kier alpha value is -18.6. The smallest absolute Gasteiger partial charge is 0.160 e. The number of nitrogens with zero attached hydrogens (tertiary/aromatic N) is 10. The second-order valence-electron chi connectivity index (χ2n) is 42.2. The van der Waals surface area contributed by atoms with Crippen LogP contribution < -0.4 is 0 Å². The first-order chi connectivity index (χ1) is 73.0. The van der Waals surface area contributed by atoms with Gasteiger partial charge in [-0.15, -0.1) is 0 Å². The van der Waals surface area contributed by atoms with Crippen LogP contribution in [-0.4, -0.2) is 48.2 Å². The Bertz CT molecular complexity index is 10300. The molecule has 0 saturated carbocycles. The van der Waals surface area contributed by atoms with Crippen LogP contribution in [0.1, 0.15) is 99.9 Å². The summed E-state index contributed by atoms with van der Waals surface area (Å²) < 4.78 is 16.5. The first kappa shape index (κ1) is 87.0. The number of furan rings is 1. The molecule has 706 valence electrons. The highest BCUT2D eigenvalue weighted by molar-refractivity contribution is 6.25. The molecule has 0 atom stereocenters. The largest absolute Gasteiger partial charge is 0.454 e. The van der Waals surface area contributed by atoms with Gasteiger partial charge in [-0.2, -0.15) is 0 Å². The summed E-state index contributed by atoms with van der Waals surface area (Å²) in [6.07, 6.45) is 0. The summed E-state index contributed by atoms with van der Waals surface area (Å²) in [7, 11) is 0. The van der Waals surface area contributed by atoms with Gasteiger partial charge in [-0.05, 0) is 118 Å². The molecule has 8 heterocycles. The van der Waals surface area contributed by atoms with Gasteiger partial charge in [0.15, 0.2) is 23.1 Å². The highest BCUT2D eigenvalue weighted by atomic mass is 16.3. The zero-order valence-corrected chi connectivity index (χ0v) is 83.6. The number of hydrogen-bond acceptors (Lipinski definition) is 7. The van der Waals surface area contributed by atoms with Crippen molar-refractivity contribution in [2.75, 3.05) is 0 Å². The second-order valence-corrected chi connectivity index (χ2v) is 42.2. The van der Waals surface area contributed by atoms with Crippen LogP contribution >= 0.6 is 0 Å². The molecule has 27 aromatic rings. The van der Waals surface area contributed by atoms with Gasteiger partial charge in [0.25, 0.3) is 0 Å². The lowest BCUT2D eigenvalue weighted by molar-refractivity contribution is 0.657. The van der Waals surface area contributed by atoms with E-state index in [9.17, 15) is 0 Å². The normalized spacial score (nSPS) is 13.9. The molecule has 0 amide bonds. The summed E-state index contributed by atoms with van der Waals surface area (Å²) in [4.78, 5) is 32.1. The van der Waals surface area contributed by atoms with Crippen molar-refractivity contribution in [2.45, 2.75) is 77.0 Å². The standard InChI is InChI=1S/C49H34N4.C46H35N3.C43H29N3O/c1-49(2)40-25-12-9-24-39(40)45-43(49)44(50-48(51-45)31-16-5-3-6-17-31)32-18-15-21-34(30-32)53-42-27-14-11-23-36(42)38-29-28-37-35-22-10-13-26-41(35)52(46(37)47(38)53)33-19-7-4-8-20-33;1-45(2)36-22-11-8-19-31(36)33-25-26-34-32-20-10-13-24-38(32)49(43(34)39(33)45)30-18-14-17-29(27-30)41-40-42(35-21-9-12-23-37(35)46(40,3)4)48-44(47-41)28-15-6-5-7-16-28;1-43(2)33-20-10-6-18-31(33)38-37(43)39(45-42(44-38)26-14-4-3-5-15-26)32-19-8-12-22-35(32)46-34-21-11-7-16-27(34)29-24-25-30-28-17-9-13-23-36(28)47-41(30)40(29)46/h3-30H,1-2H3;5-27H,1-4H3;3-25H,1-2H3. The first-order valence-corrected chi connectivity index (χ1v) is 51.6. The SMILES string of the molecule is CC1(C)c2ccccc2-c2nc(-c3ccccc3)nc(-c3cccc(-n4c5ccccc5c5ccc6c(c54)C(C)(C)c4ccccc4-6)c3)c21.CC1(C)c2ccccc2-c2nc(-c3ccccc3)nc(-c3cccc(-n4c5ccccc5c5ccc6c7ccccc7n(-c7ccccc7)c6c54)c3)c21.CC1(C)c2ccccc2-c2nc(-c3ccccc3)nc(-c3ccccc3-n3c4ccccc4c4ccc5c6ccccc6oc5c43)c21. The molecule has 8 aromatic heterocycles. The lowest BCUT2D eigenvalue weighted by atomic mass is 9.80. The van der Waals surface area contributed by atoms with E-state index < -0.39 is 0 Å². The van der Waals surface area contributed by atoms with Crippen molar-refractivity contribution >= 4 is 109 Å². The maximum Gasteiger partial charge on any atom is 0.160 e. The van der Waals surface area contributed by atoms with Crippen LogP contribution in [0.5, 0.6) is 0 Å². The summed E-state index contributed by atoms with van der Waals surface area (Å²) in [5.41, 5.74) is 43.2. The third-order valence-corrected chi connectivity index (χ3v) is 32.4. The maximum absolute atomic E-state index is 6.68. The highest BCUT2D eigenvalue weighted by Crippen LogP contribution is 2.59. The van der Waals surface area contributed by atoms with Gasteiger partial charge in [-0.25, -0.2) is 29.9 Å². The van der Waals surface area contributed by atoms with Gasteiger partial charge in [-0.3, -0.25) is 0 Å². The molecule has 0 bridgehead atoms. The number of fused-ring (bicyclic) bond motifs is 30. The monoisotopic (exact) mass is 1910 g/mol. The second kappa shape index (κ2) is 33.0. The van der Waals surface area contributed by atoms with E-state index in [4.69, 9.17) is 34.3 Å². The molecule has 0 radical (unpaired) electrons. The zero-order chi connectivity index (χ0) is 99.6. The summed E-state index contributed by atoms with van der Waals surface area (Å²) in [6, 6.07) is 161. The Kier molecular flexibility index (Phi) is 19.3. The molecule has 11 nitrogen and oxygen atoms in total. The zero-order valence-electron chi connectivity index (χ0n) is 83.6. The third-order valence-electron chi connectivity index (χ3n) is 32.4. The van der Waals surface area contributed by atoms with Crippen LogP contribution in [0.4, 0.5) is 0 Å². The van der Waals surface area contributed by atoms with E-state index in [2.05, 4.69) is 486 Å². The Morgan fingerprint density at radius 2 is 0.483 bits per heavy atom. The fourth-order valence-corrected chi connectivity index (χ4v) is 25.7. The van der Waals surface area contributed by atoms with Crippen LogP contribution in [-0.2, 0) is 21.7 Å². The Morgan fingerprint density at radius 3 is 0.940 bits per heavy atom. The van der Waals surface area contributed by atoms with Crippen molar-refractivity contribution in [1.82, 2.24) is 48.2 Å². The number of aromatic nitrogens is 10. The molecule has 0 saturated heterocycles. The van der Waals surface area contributed by atoms with Crippen molar-refractivity contribution in [3.8, 4) is 136 Å². The van der Waals surface area contributed by atoms with Gasteiger partial charge >= 0.3 is 0 Å². The van der Waals surface area contributed by atoms with Crippen molar-refractivity contribution in [2.24, 2.45) is 0 Å². The van der Waals surface area contributed by atoms with E-state index in [1.54, 1.807) is 0 Å². The van der Waals surface area contributed by atoms with Crippen LogP contribution in [0.25, 0.3) is 245 Å². The molecule has 149 heavy (non-hydrogen) atoms. The average molecular weight is 1910 g/mol. The van der Waals surface area contributed by atoms with Gasteiger partial charge in [-0.1, -0.05) is 425 Å². The number of benzene rings is 19. The van der Waals surface area contributed by atoms with Gasteiger partial charge in [0.2, 0.25) is 0 Å². The van der Waals surface area contributed by atoms with E-state index in [1.165, 1.54) is 138 Å². The van der Waals surface area contributed by atoms with E-state index in [-0.39, 0.29) is 21.7 Å². The molecule has 4 aliphatic rings. The Labute approximate surface area is 861 Å². The quantitative estimate of drug-likeness (QED) is 0.134. The lowest BCUT2D eigenvalue weighted by Gasteiger charge is -2.25. The van der Waals surface area contributed by atoms with Crippen molar-refractivity contribution in [3.05, 3.63) is 493 Å². The van der Waals surface area contributed by atoms with Crippen molar-refractivity contribution in [3.63, 3.8) is 0 Å². The van der Waals surface area contributed by atoms with Gasteiger partial charge in [0.05, 0.1) is 84.0 Å². The summed E-state index contributed by atoms with van der Waals surface area (Å²) in [6.45, 7) is 18.6. The first-order valence-electron chi connectivity index (χ1n) is 51.6. The third kappa shape index (κ3) is 13.0. The molecule has 11 heteroatoms. The number of hydrogen-bond donors (Lipinski definition) is 0. The molecule has 19 aromatic carbocycles. The van der Waals surface area contributed by atoms with Gasteiger partial charge < -0.3 is 22.7 Å². The highest BCUT2D eigenvalue weighted by Gasteiger charge is 2.46. The van der Waals surface area contributed by atoms with Crippen molar-refractivity contribution < 1.29 is 4.42 Å². The fraction of sp³-hybridized carbons (Fsp3) is 0.0870. The van der Waals surface area contributed by atoms with Crippen LogP contribution in [0.3, 0.4) is 0 Å². The Morgan fingerprint density at radius 1 is 0.188 bits per heavy atom. The molecule has 0 aliphatic heterocycles. The summed E-state index contributed by atoms with van der Waals surface area (Å²) in [5.74, 6) is 2.22. The minimum Gasteiger partial charge on any atom is -0.454 e. The lowest BCUT2D eigenvalue weighted by Crippen LogP contribution is -2.18. The summed E-state index contributed by atoms with van der Waals surface area (Å²) in [5, 5.41) is 12.1. The topological polar surface area (TPSA) is 110 Å². The minimum absolute atomic E-state index is 0.150. The molecule has 31 rings (SSSR count). The predicted octanol–water partition coefficient (Wildman–Crippen LogP) is 34.9. The minimum atomic E-state index is -0.295. The molecular formula is C138H98N10O. The Balaban J connectivity index is 0.000000105.